The van der Waals surface area contributed by atoms with E-state index >= 15 is 0 Å². The van der Waals surface area contributed by atoms with Gasteiger partial charge in [0.05, 0.1) is 18.5 Å². The Morgan fingerprint density at radius 2 is 2.05 bits per heavy atom. The normalized spacial score (nSPS) is 10.9. The second-order valence-electron chi connectivity index (χ2n) is 4.62. The van der Waals surface area contributed by atoms with Crippen molar-refractivity contribution in [2.24, 2.45) is 0 Å². The number of nitrogens with one attached hydrogen (secondary N) is 1. The molecule has 2 rings (SSSR count). The number of benzene rings is 1. The molecular formula is C15H20ClN3O. The van der Waals surface area contributed by atoms with Gasteiger partial charge in [-0.15, -0.1) is 0 Å². The number of ether oxygens (including phenoxy) is 1. The molecule has 108 valence electrons. The molecule has 0 aliphatic heterocycles. The van der Waals surface area contributed by atoms with Crippen molar-refractivity contribution < 1.29 is 4.74 Å². The van der Waals surface area contributed by atoms with Crippen LogP contribution < -0.4 is 5.32 Å². The Bertz CT molecular complexity index is 510. The highest BCUT2D eigenvalue weighted by Crippen LogP contribution is 2.13. The van der Waals surface area contributed by atoms with Crippen LogP contribution in [0.5, 0.6) is 0 Å². The molecule has 5 heteroatoms. The van der Waals surface area contributed by atoms with Crippen molar-refractivity contribution in [1.82, 2.24) is 15.1 Å². The third kappa shape index (κ3) is 4.63. The molecule has 0 fully saturated rings. The second kappa shape index (κ2) is 8.04. The maximum atomic E-state index is 5.88. The number of aromatic nitrogens is 2. The molecule has 4 nitrogen and oxygen atoms in total. The maximum Gasteiger partial charge on any atom is 0.0646 e. The largest absolute Gasteiger partial charge is 0.383 e. The molecule has 1 aromatic heterocycles. The Labute approximate surface area is 124 Å². The third-order valence-electron chi connectivity index (χ3n) is 3.03. The molecule has 0 unspecified atom stereocenters. The monoisotopic (exact) mass is 293 g/mol. The van der Waals surface area contributed by atoms with Gasteiger partial charge in [0.25, 0.3) is 0 Å². The van der Waals surface area contributed by atoms with Crippen molar-refractivity contribution in [2.75, 3.05) is 26.8 Å². The van der Waals surface area contributed by atoms with E-state index in [4.69, 9.17) is 16.3 Å². The van der Waals surface area contributed by atoms with Gasteiger partial charge in [0.15, 0.2) is 0 Å². The zero-order valence-electron chi connectivity index (χ0n) is 11.7. The number of rotatable bonds is 8. The first kappa shape index (κ1) is 15.0. The number of nitrogens with zero attached hydrogens (tertiary/aromatic N) is 2. The summed E-state index contributed by atoms with van der Waals surface area (Å²) in [5, 5.41) is 8.45. The van der Waals surface area contributed by atoms with E-state index < -0.39 is 0 Å². The van der Waals surface area contributed by atoms with Crippen molar-refractivity contribution in [3.8, 4) is 5.69 Å². The average Bonchev–Trinajstić information content (AvgIpc) is 2.92. The molecule has 0 radical (unpaired) electrons. The molecular weight excluding hydrogens is 274 g/mol. The predicted molar refractivity (Wildman–Crippen MR) is 81.6 cm³/mol. The van der Waals surface area contributed by atoms with Crippen LogP contribution in [0.15, 0.2) is 36.7 Å². The number of methoxy groups -OCH3 is 1. The summed E-state index contributed by atoms with van der Waals surface area (Å²) in [5.41, 5.74) is 2.27. The molecule has 0 spiro atoms. The average molecular weight is 294 g/mol. The quantitative estimate of drug-likeness (QED) is 0.761. The smallest absolute Gasteiger partial charge is 0.0646 e. The summed E-state index contributed by atoms with van der Waals surface area (Å²) < 4.78 is 6.86. The molecule has 0 aliphatic rings. The summed E-state index contributed by atoms with van der Waals surface area (Å²) >= 11 is 5.88. The van der Waals surface area contributed by atoms with E-state index in [0.29, 0.717) is 0 Å². The Hall–Kier alpha value is -1.36. The van der Waals surface area contributed by atoms with Crippen molar-refractivity contribution in [1.29, 1.82) is 0 Å². The summed E-state index contributed by atoms with van der Waals surface area (Å²) in [7, 11) is 1.72. The summed E-state index contributed by atoms with van der Waals surface area (Å²) in [4.78, 5) is 0. The minimum absolute atomic E-state index is 0.739. The van der Waals surface area contributed by atoms with E-state index in [1.54, 1.807) is 7.11 Å². The molecule has 1 heterocycles. The van der Waals surface area contributed by atoms with E-state index in [-0.39, 0.29) is 0 Å². The van der Waals surface area contributed by atoms with Crippen LogP contribution in [-0.2, 0) is 11.2 Å². The fourth-order valence-electron chi connectivity index (χ4n) is 1.94. The van der Waals surface area contributed by atoms with Gasteiger partial charge in [-0.05, 0) is 49.2 Å². The Morgan fingerprint density at radius 3 is 2.80 bits per heavy atom. The number of hydrogen-bond acceptors (Lipinski definition) is 3. The number of aryl methyl sites for hydroxylation is 1. The van der Waals surface area contributed by atoms with Crippen LogP contribution in [0.25, 0.3) is 5.69 Å². The highest BCUT2D eigenvalue weighted by molar-refractivity contribution is 6.30. The van der Waals surface area contributed by atoms with Gasteiger partial charge in [-0.2, -0.15) is 5.10 Å². The first-order valence-corrected chi connectivity index (χ1v) is 7.16. The first-order valence-electron chi connectivity index (χ1n) is 6.79. The van der Waals surface area contributed by atoms with Crippen LogP contribution in [-0.4, -0.2) is 36.6 Å². The Balaban J connectivity index is 1.79. The maximum absolute atomic E-state index is 5.88. The zero-order valence-corrected chi connectivity index (χ0v) is 12.4. The minimum atomic E-state index is 0.739. The highest BCUT2D eigenvalue weighted by Gasteiger charge is 2.01. The molecule has 1 aromatic carbocycles. The lowest BCUT2D eigenvalue weighted by atomic mass is 10.2. The fourth-order valence-corrected chi connectivity index (χ4v) is 2.07. The van der Waals surface area contributed by atoms with E-state index in [1.807, 2.05) is 35.1 Å². The van der Waals surface area contributed by atoms with Crippen molar-refractivity contribution >= 4 is 11.6 Å². The van der Waals surface area contributed by atoms with Gasteiger partial charge in [0.2, 0.25) is 0 Å². The van der Waals surface area contributed by atoms with Crippen LogP contribution in [0.3, 0.4) is 0 Å². The van der Waals surface area contributed by atoms with Gasteiger partial charge < -0.3 is 10.1 Å². The molecule has 2 aromatic rings. The van der Waals surface area contributed by atoms with Crippen LogP contribution in [0, 0.1) is 0 Å². The van der Waals surface area contributed by atoms with Gasteiger partial charge in [0, 0.05) is 24.9 Å². The molecule has 0 bridgehead atoms. The molecule has 0 aliphatic carbocycles. The molecule has 0 atom stereocenters. The van der Waals surface area contributed by atoms with Crippen molar-refractivity contribution in [3.63, 3.8) is 0 Å². The molecule has 0 saturated heterocycles. The summed E-state index contributed by atoms with van der Waals surface area (Å²) in [6, 6.07) is 7.67. The topological polar surface area (TPSA) is 39.1 Å². The van der Waals surface area contributed by atoms with Crippen LogP contribution in [0.2, 0.25) is 5.02 Å². The summed E-state index contributed by atoms with van der Waals surface area (Å²) in [6.07, 6.45) is 6.10. The van der Waals surface area contributed by atoms with E-state index in [0.717, 1.165) is 43.2 Å². The standard InChI is InChI=1S/C15H20ClN3O/c1-20-10-9-17-8-2-3-13-11-18-19(12-13)15-6-4-14(16)5-7-15/h4-7,11-12,17H,2-3,8-10H2,1H3. The summed E-state index contributed by atoms with van der Waals surface area (Å²) in [6.45, 7) is 2.66. The molecule has 1 N–H and O–H groups in total. The zero-order chi connectivity index (χ0) is 14.2. The van der Waals surface area contributed by atoms with E-state index in [2.05, 4.69) is 16.6 Å². The molecule has 0 saturated carbocycles. The van der Waals surface area contributed by atoms with Crippen LogP contribution >= 0.6 is 11.6 Å². The first-order chi connectivity index (χ1) is 9.79. The van der Waals surface area contributed by atoms with Crippen LogP contribution in [0.4, 0.5) is 0 Å². The second-order valence-corrected chi connectivity index (χ2v) is 5.05. The van der Waals surface area contributed by atoms with Crippen molar-refractivity contribution in [2.45, 2.75) is 12.8 Å². The van der Waals surface area contributed by atoms with E-state index in [9.17, 15) is 0 Å². The fraction of sp³-hybridized carbons (Fsp3) is 0.400. The van der Waals surface area contributed by atoms with E-state index in [1.165, 1.54) is 5.56 Å². The Morgan fingerprint density at radius 1 is 1.25 bits per heavy atom. The Kier molecular flexibility index (Phi) is 6.05. The highest BCUT2D eigenvalue weighted by atomic mass is 35.5. The SMILES string of the molecule is COCCNCCCc1cnn(-c2ccc(Cl)cc2)c1. The number of hydrogen-bond donors (Lipinski definition) is 1. The van der Waals surface area contributed by atoms with Gasteiger partial charge in [-0.25, -0.2) is 4.68 Å². The third-order valence-corrected chi connectivity index (χ3v) is 3.28. The summed E-state index contributed by atoms with van der Waals surface area (Å²) in [5.74, 6) is 0. The van der Waals surface area contributed by atoms with Gasteiger partial charge in [-0.1, -0.05) is 11.6 Å². The molecule has 20 heavy (non-hydrogen) atoms. The predicted octanol–water partition coefficient (Wildman–Crippen LogP) is 2.69. The van der Waals surface area contributed by atoms with Crippen molar-refractivity contribution in [3.05, 3.63) is 47.2 Å². The lowest BCUT2D eigenvalue weighted by Crippen LogP contribution is -2.20. The van der Waals surface area contributed by atoms with Crippen LogP contribution in [0.1, 0.15) is 12.0 Å². The van der Waals surface area contributed by atoms with Gasteiger partial charge in [-0.3, -0.25) is 0 Å². The lowest BCUT2D eigenvalue weighted by molar-refractivity contribution is 0.199. The number of halogens is 1. The lowest BCUT2D eigenvalue weighted by Gasteiger charge is -2.03. The van der Waals surface area contributed by atoms with Gasteiger partial charge >= 0.3 is 0 Å². The molecule has 0 amide bonds. The minimum Gasteiger partial charge on any atom is -0.383 e. The van der Waals surface area contributed by atoms with Gasteiger partial charge in [0.1, 0.15) is 0 Å².